The zero-order valence-electron chi connectivity index (χ0n) is 52.3. The van der Waals surface area contributed by atoms with Crippen molar-refractivity contribution in [3.8, 4) is 0 Å². The van der Waals surface area contributed by atoms with Gasteiger partial charge in [0.1, 0.15) is 121 Å². The SMILES string of the molecule is C=CN(C=C)Cc1ccc(C[n+]2ccn(Cc3ccc(Cn4cc[n+](Cc5ccc(CNC(=O)NCc6ccc(C[n+]7ccn(Cc8ccc(Cn9cc[n+](Cc%10ccc(C[n+]%11ccn(CCCCCCCC)c%11)cc%10)c9)cc8)c7)cc6)cc5)c4)cc3)c2)cc1. The van der Waals surface area contributed by atoms with Gasteiger partial charge >= 0.3 is 6.03 Å². The number of aromatic nitrogens is 10. The number of hydrogen-bond acceptors (Lipinski definition) is 2. The van der Waals surface area contributed by atoms with Crippen LogP contribution in [-0.2, 0) is 85.1 Å². The molecular formula is C76H88N13O+5. The molecule has 5 aromatic heterocycles. The van der Waals surface area contributed by atoms with Gasteiger partial charge in [0.05, 0.1) is 6.54 Å². The second-order valence-corrected chi connectivity index (χ2v) is 24.1. The first kappa shape index (κ1) is 61.6. The highest BCUT2D eigenvalue weighted by Crippen LogP contribution is 2.14. The van der Waals surface area contributed by atoms with Gasteiger partial charge in [-0.2, -0.15) is 0 Å². The largest absolute Gasteiger partial charge is 0.351 e. The third-order valence-electron chi connectivity index (χ3n) is 16.7. The van der Waals surface area contributed by atoms with Crippen LogP contribution in [0.5, 0.6) is 0 Å². The molecule has 0 aliphatic rings. The highest BCUT2D eigenvalue weighted by Gasteiger charge is 2.14. The molecule has 0 aliphatic carbocycles. The van der Waals surface area contributed by atoms with E-state index in [9.17, 15) is 4.79 Å². The maximum Gasteiger partial charge on any atom is 0.315 e. The van der Waals surface area contributed by atoms with Gasteiger partial charge in [0, 0.05) is 19.6 Å². The van der Waals surface area contributed by atoms with E-state index in [2.05, 4.69) is 316 Å². The molecule has 90 heavy (non-hydrogen) atoms. The maximum absolute atomic E-state index is 12.8. The van der Waals surface area contributed by atoms with Crippen LogP contribution in [0.3, 0.4) is 0 Å². The fourth-order valence-electron chi connectivity index (χ4n) is 11.5. The number of urea groups is 1. The van der Waals surface area contributed by atoms with Gasteiger partial charge in [-0.25, -0.2) is 50.5 Å². The summed E-state index contributed by atoms with van der Waals surface area (Å²) in [5.41, 5.74) is 14.6. The Bertz CT molecular complexity index is 3990. The van der Waals surface area contributed by atoms with Gasteiger partial charge in [0.2, 0.25) is 31.6 Å². The Kier molecular flexibility index (Phi) is 21.3. The van der Waals surface area contributed by atoms with Gasteiger partial charge in [-0.3, -0.25) is 0 Å². The number of imidazole rings is 5. The summed E-state index contributed by atoms with van der Waals surface area (Å²) in [7, 11) is 0. The van der Waals surface area contributed by atoms with Crippen LogP contribution in [-0.4, -0.2) is 33.8 Å². The number of carbonyl (C=O) groups excluding carboxylic acids is 1. The molecular weight excluding hydrogens is 1110 g/mol. The minimum atomic E-state index is -0.192. The van der Waals surface area contributed by atoms with E-state index in [1.165, 1.54) is 94.2 Å². The van der Waals surface area contributed by atoms with Gasteiger partial charge in [0.25, 0.3) is 0 Å². The Morgan fingerprint density at radius 1 is 0.367 bits per heavy atom. The maximum atomic E-state index is 12.8. The number of nitrogens with zero attached hydrogens (tertiary/aromatic N) is 11. The molecule has 0 saturated heterocycles. The monoisotopic (exact) mass is 1200 g/mol. The number of rotatable bonds is 33. The van der Waals surface area contributed by atoms with E-state index in [4.69, 9.17) is 0 Å². The van der Waals surface area contributed by atoms with Gasteiger partial charge in [0.15, 0.2) is 0 Å². The van der Waals surface area contributed by atoms with Crippen LogP contribution in [0.15, 0.2) is 265 Å². The molecule has 14 heteroatoms. The van der Waals surface area contributed by atoms with Crippen LogP contribution in [0.2, 0.25) is 0 Å². The van der Waals surface area contributed by atoms with Crippen LogP contribution in [0.4, 0.5) is 4.79 Å². The summed E-state index contributed by atoms with van der Waals surface area (Å²) in [6.45, 7) is 20.0. The van der Waals surface area contributed by atoms with Crippen LogP contribution < -0.4 is 33.5 Å². The van der Waals surface area contributed by atoms with E-state index in [1.54, 1.807) is 12.4 Å². The molecule has 0 bridgehead atoms. The fourth-order valence-corrected chi connectivity index (χ4v) is 11.5. The zero-order chi connectivity index (χ0) is 61.7. The molecule has 2 amide bonds. The number of benzene rings is 6. The average molecular weight is 1200 g/mol. The topological polar surface area (TPSA) is 88.4 Å². The van der Waals surface area contributed by atoms with Crippen molar-refractivity contribution in [2.45, 2.75) is 131 Å². The van der Waals surface area contributed by atoms with Crippen LogP contribution in [0, 0.1) is 0 Å². The normalized spacial score (nSPS) is 11.3. The number of amides is 2. The van der Waals surface area contributed by atoms with E-state index in [-0.39, 0.29) is 6.03 Å². The van der Waals surface area contributed by atoms with Gasteiger partial charge < -0.3 is 15.5 Å². The highest BCUT2D eigenvalue weighted by molar-refractivity contribution is 5.73. The molecule has 5 heterocycles. The van der Waals surface area contributed by atoms with E-state index in [0.717, 1.165) is 83.1 Å². The minimum Gasteiger partial charge on any atom is -0.351 e. The first-order chi connectivity index (χ1) is 44.2. The van der Waals surface area contributed by atoms with Crippen molar-refractivity contribution in [3.63, 3.8) is 0 Å². The highest BCUT2D eigenvalue weighted by atomic mass is 16.2. The molecule has 0 aliphatic heterocycles. The van der Waals surface area contributed by atoms with E-state index in [0.29, 0.717) is 13.1 Å². The third kappa shape index (κ3) is 18.7. The van der Waals surface area contributed by atoms with Crippen molar-refractivity contribution < 1.29 is 27.6 Å². The molecule has 0 atom stereocenters. The van der Waals surface area contributed by atoms with Crippen LogP contribution >= 0.6 is 0 Å². The summed E-state index contributed by atoms with van der Waals surface area (Å²) in [6.07, 6.45) is 43.9. The average Bonchev–Trinajstić information content (AvgIpc) is 3.97. The number of nitrogens with one attached hydrogen (secondary N) is 2. The lowest BCUT2D eigenvalue weighted by Crippen LogP contribution is -2.34. The van der Waals surface area contributed by atoms with Crippen LogP contribution in [0.1, 0.15) is 112 Å². The quantitative estimate of drug-likeness (QED) is 0.0317. The predicted molar refractivity (Wildman–Crippen MR) is 352 cm³/mol. The number of unbranched alkanes of at least 4 members (excludes halogenated alkanes) is 5. The Balaban J connectivity index is 0.546. The van der Waals surface area contributed by atoms with Crippen molar-refractivity contribution in [2.24, 2.45) is 0 Å². The molecule has 2 N–H and O–H groups in total. The van der Waals surface area contributed by atoms with Crippen molar-refractivity contribution in [1.82, 2.24) is 38.4 Å². The van der Waals surface area contributed by atoms with Crippen molar-refractivity contribution in [1.29, 1.82) is 0 Å². The first-order valence-corrected chi connectivity index (χ1v) is 31.9. The Morgan fingerprint density at radius 3 is 0.956 bits per heavy atom. The summed E-state index contributed by atoms with van der Waals surface area (Å²) >= 11 is 0. The lowest BCUT2D eigenvalue weighted by molar-refractivity contribution is -0.688. The minimum absolute atomic E-state index is 0.192. The molecule has 0 saturated carbocycles. The molecule has 14 nitrogen and oxygen atoms in total. The summed E-state index contributed by atoms with van der Waals surface area (Å²) in [6, 6.07) is 52.3. The summed E-state index contributed by atoms with van der Waals surface area (Å²) in [4.78, 5) is 14.8. The standard InChI is InChI=1S/C76H87N13O/c1-4-7-8-9-10-11-36-80-37-38-81(59-80)50-69-24-26-71(27-25-69)54-87-45-46-89(63-87)58-75-34-30-73(31-35-75)56-86-42-40-83(61-86)52-68-18-14-65(15-19-68)48-78-76(90)77-47-64-12-16-67(17-13-64)51-82-39-41-85(60-82)55-72-28-32-74(33-29-72)57-88-44-43-84(62-88)53-70-22-20-66(21-23-70)49-79(5-2)6-3/h5-6,12-35,37-46,59-63H,2-4,7-11,36,47-58H2,1H3,(H-,77,78,90)/q+4/p+1. The Labute approximate surface area is 531 Å². The van der Waals surface area contributed by atoms with Crippen molar-refractivity contribution in [3.05, 3.63) is 332 Å². The van der Waals surface area contributed by atoms with E-state index < -0.39 is 0 Å². The molecule has 0 radical (unpaired) electrons. The van der Waals surface area contributed by atoms with Crippen molar-refractivity contribution >= 4 is 6.03 Å². The van der Waals surface area contributed by atoms with Gasteiger partial charge in [-0.1, -0.05) is 191 Å². The van der Waals surface area contributed by atoms with E-state index >= 15 is 0 Å². The molecule has 6 aromatic carbocycles. The third-order valence-corrected chi connectivity index (χ3v) is 16.7. The number of aryl methyl sites for hydroxylation is 1. The predicted octanol–water partition coefficient (Wildman–Crippen LogP) is 11.0. The Hall–Kier alpha value is -10.1. The first-order valence-electron chi connectivity index (χ1n) is 31.9. The fraction of sp³-hybridized carbons (Fsp3) is 0.263. The molecule has 0 unspecified atom stereocenters. The second kappa shape index (κ2) is 31.2. The number of hydrogen-bond donors (Lipinski definition) is 2. The second-order valence-electron chi connectivity index (χ2n) is 24.1. The summed E-state index contributed by atoms with van der Waals surface area (Å²) in [5.74, 6) is 0. The summed E-state index contributed by atoms with van der Waals surface area (Å²) in [5, 5.41) is 6.04. The Morgan fingerprint density at radius 2 is 0.633 bits per heavy atom. The zero-order valence-corrected chi connectivity index (χ0v) is 52.3. The lowest BCUT2D eigenvalue weighted by Gasteiger charge is -2.14. The van der Waals surface area contributed by atoms with Gasteiger partial charge in [-0.15, -0.1) is 0 Å². The molecule has 11 rings (SSSR count). The van der Waals surface area contributed by atoms with E-state index in [1.807, 2.05) is 4.90 Å². The smallest absolute Gasteiger partial charge is 0.315 e. The summed E-state index contributed by atoms with van der Waals surface area (Å²) < 4.78 is 22.4. The molecule has 11 aromatic rings. The molecule has 0 spiro atoms. The molecule has 458 valence electrons. The van der Waals surface area contributed by atoms with Crippen molar-refractivity contribution in [2.75, 3.05) is 0 Å². The van der Waals surface area contributed by atoms with Gasteiger partial charge in [-0.05, 0) is 92.0 Å². The van der Waals surface area contributed by atoms with Crippen LogP contribution in [0.25, 0.3) is 0 Å². The lowest BCUT2D eigenvalue weighted by atomic mass is 10.1. The molecule has 0 fully saturated rings. The number of carbonyl (C=O) groups is 1.